The van der Waals surface area contributed by atoms with Crippen molar-refractivity contribution in [2.24, 2.45) is 0 Å². The summed E-state index contributed by atoms with van der Waals surface area (Å²) in [5, 5.41) is 1.08. The molecule has 0 radical (unpaired) electrons. The molecule has 0 aliphatic carbocycles. The summed E-state index contributed by atoms with van der Waals surface area (Å²) in [7, 11) is -4.46. The van der Waals surface area contributed by atoms with Crippen molar-refractivity contribution in [1.82, 2.24) is 9.63 Å². The highest BCUT2D eigenvalue weighted by molar-refractivity contribution is 7.93. The van der Waals surface area contributed by atoms with E-state index in [9.17, 15) is 18.0 Å². The Labute approximate surface area is 292 Å². The summed E-state index contributed by atoms with van der Waals surface area (Å²) in [6.45, 7) is 10.1. The van der Waals surface area contributed by atoms with E-state index in [1.807, 2.05) is 52.0 Å². The maximum absolute atomic E-state index is 14.9. The molecule has 260 valence electrons. The van der Waals surface area contributed by atoms with Gasteiger partial charge in [-0.3, -0.25) is 9.59 Å². The van der Waals surface area contributed by atoms with Crippen LogP contribution in [0.15, 0.2) is 102 Å². The van der Waals surface area contributed by atoms with Crippen LogP contribution in [0.25, 0.3) is 21.8 Å². The van der Waals surface area contributed by atoms with Crippen LogP contribution in [0.1, 0.15) is 50.0 Å². The second-order valence-corrected chi connectivity index (χ2v) is 15.0. The molecule has 6 rings (SSSR count). The summed E-state index contributed by atoms with van der Waals surface area (Å²) in [6.07, 6.45) is 0.523. The van der Waals surface area contributed by atoms with Gasteiger partial charge in [-0.05, 0) is 76.1 Å². The van der Waals surface area contributed by atoms with Crippen LogP contribution in [0.4, 0.5) is 11.4 Å². The lowest BCUT2D eigenvalue weighted by Crippen LogP contribution is -2.56. The van der Waals surface area contributed by atoms with E-state index < -0.39 is 21.5 Å². The number of benzene rings is 4. The normalized spacial score (nSPS) is 14.8. The quantitative estimate of drug-likeness (QED) is 0.0873. The van der Waals surface area contributed by atoms with Crippen LogP contribution in [-0.2, 0) is 35.5 Å². The molecule has 10 nitrogen and oxygen atoms in total. The Morgan fingerprint density at radius 3 is 1.98 bits per heavy atom. The Morgan fingerprint density at radius 2 is 1.42 bits per heavy atom. The predicted octanol–water partition coefficient (Wildman–Crippen LogP) is 6.99. The number of amides is 1. The minimum atomic E-state index is -4.46. The zero-order chi connectivity index (χ0) is 35.5. The number of esters is 1. The topological polar surface area (TPSA) is 112 Å². The second kappa shape index (κ2) is 14.3. The number of hydroxylamine groups is 2. The number of nitrogens with zero attached hydrogens (tertiary/aromatic N) is 3. The summed E-state index contributed by atoms with van der Waals surface area (Å²) in [4.78, 5) is 38.1. The van der Waals surface area contributed by atoms with Gasteiger partial charge in [0.15, 0.2) is 5.69 Å². The van der Waals surface area contributed by atoms with E-state index in [4.69, 9.17) is 19.3 Å². The summed E-state index contributed by atoms with van der Waals surface area (Å²) in [6, 6.07) is 27.6. The average molecular weight is 697 g/mol. The largest absolute Gasteiger partial charge is 0.460 e. The van der Waals surface area contributed by atoms with Crippen molar-refractivity contribution in [1.29, 1.82) is 0 Å². The van der Waals surface area contributed by atoms with Crippen molar-refractivity contribution in [2.75, 3.05) is 37.2 Å². The highest BCUT2D eigenvalue weighted by Crippen LogP contribution is 2.35. The number of hydrogen-bond donors (Lipinski definition) is 0. The number of rotatable bonds is 10. The molecule has 50 heavy (non-hydrogen) atoms. The molecular formula is C39H42N3O7S+. The number of carbonyl (C=O) groups is 2. The fourth-order valence-electron chi connectivity index (χ4n) is 6.32. The lowest BCUT2D eigenvalue weighted by atomic mass is 10.0. The first-order valence-electron chi connectivity index (χ1n) is 16.8. The Morgan fingerprint density at radius 1 is 0.840 bits per heavy atom. The number of aryl methyl sites for hydroxylation is 1. The number of hydrogen-bond acceptors (Lipinski definition) is 8. The molecule has 1 aliphatic rings. The standard InChI is InChI=1S/C39H42N3O7S/c1-5-48-42(24-26-47-27-25-42)30-19-17-29(18-20-30)41(38(44)37-32-10-6-8-12-34(32)40-35-13-9-7-11-33(35)37)50(45,46)31-21-14-28(15-22-31)16-23-36(43)49-39(2,3)4/h6-15,17-22H,5,16,23-27H2,1-4H3/q+1. The smallest absolute Gasteiger partial charge is 0.306 e. The number of ether oxygens (including phenoxy) is 2. The zero-order valence-electron chi connectivity index (χ0n) is 28.8. The Kier molecular flexibility index (Phi) is 10.0. The summed E-state index contributed by atoms with van der Waals surface area (Å²) in [5.74, 6) is -1.04. The number of quaternary nitrogens is 1. The number of anilines is 1. The van der Waals surface area contributed by atoms with Crippen molar-refractivity contribution in [2.45, 2.75) is 51.0 Å². The number of carbonyl (C=O) groups excluding carboxylic acids is 2. The van der Waals surface area contributed by atoms with Crippen LogP contribution in [0.2, 0.25) is 0 Å². The lowest BCUT2D eigenvalue weighted by Gasteiger charge is -2.37. The minimum absolute atomic E-state index is 0.0652. The van der Waals surface area contributed by atoms with E-state index in [0.717, 1.165) is 15.6 Å². The first kappa shape index (κ1) is 35.2. The van der Waals surface area contributed by atoms with Crippen molar-refractivity contribution in [3.8, 4) is 0 Å². The van der Waals surface area contributed by atoms with Crippen LogP contribution < -0.4 is 8.95 Å². The van der Waals surface area contributed by atoms with Gasteiger partial charge in [0.25, 0.3) is 15.9 Å². The first-order chi connectivity index (χ1) is 23.9. The molecule has 0 atom stereocenters. The first-order valence-corrected chi connectivity index (χ1v) is 18.2. The monoisotopic (exact) mass is 696 g/mol. The fourth-order valence-corrected chi connectivity index (χ4v) is 7.72. The number of aromatic nitrogens is 1. The van der Waals surface area contributed by atoms with E-state index in [1.54, 1.807) is 60.7 Å². The molecule has 0 N–H and O–H groups in total. The molecule has 2 heterocycles. The van der Waals surface area contributed by atoms with Gasteiger partial charge < -0.3 is 9.47 Å². The van der Waals surface area contributed by atoms with E-state index in [0.29, 0.717) is 61.1 Å². The molecule has 4 aromatic carbocycles. The third-order valence-electron chi connectivity index (χ3n) is 8.61. The van der Waals surface area contributed by atoms with Crippen molar-refractivity contribution < 1.29 is 32.3 Å². The maximum Gasteiger partial charge on any atom is 0.306 e. The van der Waals surface area contributed by atoms with Gasteiger partial charge in [-0.25, -0.2) is 13.4 Å². The van der Waals surface area contributed by atoms with Crippen LogP contribution in [0.5, 0.6) is 0 Å². The van der Waals surface area contributed by atoms with Crippen molar-refractivity contribution in [3.63, 3.8) is 0 Å². The van der Waals surface area contributed by atoms with Gasteiger partial charge in [0.05, 0.1) is 40.4 Å². The highest BCUT2D eigenvalue weighted by atomic mass is 32.2. The fraction of sp³-hybridized carbons (Fsp3) is 0.308. The average Bonchev–Trinajstić information content (AvgIpc) is 3.10. The Hall–Kier alpha value is -4.68. The molecule has 0 bridgehead atoms. The third kappa shape index (κ3) is 7.27. The van der Waals surface area contributed by atoms with Gasteiger partial charge in [0.1, 0.15) is 25.3 Å². The van der Waals surface area contributed by atoms with Crippen LogP contribution in [-0.4, -0.2) is 63.8 Å². The van der Waals surface area contributed by atoms with E-state index in [1.165, 1.54) is 12.1 Å². The minimum Gasteiger partial charge on any atom is -0.460 e. The molecule has 1 saturated heterocycles. The van der Waals surface area contributed by atoms with Crippen molar-refractivity contribution in [3.05, 3.63) is 108 Å². The van der Waals surface area contributed by atoms with Gasteiger partial charge in [0.2, 0.25) is 0 Å². The van der Waals surface area contributed by atoms with Crippen LogP contribution >= 0.6 is 0 Å². The van der Waals surface area contributed by atoms with Crippen LogP contribution in [0, 0.1) is 0 Å². The molecule has 1 fully saturated rings. The van der Waals surface area contributed by atoms with Gasteiger partial charge in [-0.15, -0.1) is 4.65 Å². The summed E-state index contributed by atoms with van der Waals surface area (Å²) in [5.41, 5.74) is 2.57. The van der Waals surface area contributed by atoms with Gasteiger partial charge in [-0.2, -0.15) is 9.14 Å². The second-order valence-electron chi connectivity index (χ2n) is 13.2. The summed E-state index contributed by atoms with van der Waals surface area (Å²) >= 11 is 0. The molecule has 1 amide bonds. The van der Waals surface area contributed by atoms with E-state index in [-0.39, 0.29) is 33.2 Å². The van der Waals surface area contributed by atoms with E-state index >= 15 is 0 Å². The molecule has 11 heteroatoms. The van der Waals surface area contributed by atoms with Gasteiger partial charge in [0, 0.05) is 29.3 Å². The molecule has 5 aromatic rings. The Balaban J connectivity index is 1.43. The molecule has 0 saturated carbocycles. The number of sulfonamides is 1. The molecule has 0 unspecified atom stereocenters. The third-order valence-corrected chi connectivity index (χ3v) is 10.3. The Bertz CT molecular complexity index is 2060. The molecule has 0 spiro atoms. The van der Waals surface area contributed by atoms with Crippen molar-refractivity contribution >= 4 is 55.1 Å². The number of morpholine rings is 1. The zero-order valence-corrected chi connectivity index (χ0v) is 29.6. The van der Waals surface area contributed by atoms with Gasteiger partial charge in [-0.1, -0.05) is 48.5 Å². The molecular weight excluding hydrogens is 655 g/mol. The number of fused-ring (bicyclic) bond motifs is 2. The lowest BCUT2D eigenvalue weighted by molar-refractivity contribution is -0.179. The SMILES string of the molecule is CCO[N+]1(c2ccc(N(C(=O)c3c4ccccc4nc4ccccc34)S(=O)(=O)c3ccc(CCC(=O)OC(C)(C)C)cc3)cc2)CCOCC1. The van der Waals surface area contributed by atoms with E-state index in [2.05, 4.69) is 0 Å². The number of pyridine rings is 1. The molecule has 1 aromatic heterocycles. The highest BCUT2D eigenvalue weighted by Gasteiger charge is 2.38. The maximum atomic E-state index is 14.9. The van der Waals surface area contributed by atoms with Gasteiger partial charge >= 0.3 is 5.97 Å². The van der Waals surface area contributed by atoms with Crippen LogP contribution in [0.3, 0.4) is 0 Å². The summed E-state index contributed by atoms with van der Waals surface area (Å²) < 4.78 is 41.5. The molecule has 1 aliphatic heterocycles. The predicted molar refractivity (Wildman–Crippen MR) is 194 cm³/mol. The number of para-hydroxylation sites is 2.